The van der Waals surface area contributed by atoms with E-state index in [1.54, 1.807) is 12.1 Å². The summed E-state index contributed by atoms with van der Waals surface area (Å²) in [6.45, 7) is 0.596. The molecule has 2 aromatic carbocycles. The Bertz CT molecular complexity index is 942. The molecule has 2 aromatic rings. The molecular weight excluding hydrogens is 364 g/mol. The number of cyclic esters (lactones) is 1. The summed E-state index contributed by atoms with van der Waals surface area (Å²) in [5.74, 6) is 1.22. The lowest BCUT2D eigenvalue weighted by Crippen LogP contribution is -2.31. The van der Waals surface area contributed by atoms with Gasteiger partial charge in [0.1, 0.15) is 0 Å². The van der Waals surface area contributed by atoms with Crippen molar-refractivity contribution in [1.82, 2.24) is 0 Å². The molecule has 0 amide bonds. The number of benzene rings is 2. The molecule has 2 aliphatic heterocycles. The van der Waals surface area contributed by atoms with Gasteiger partial charge in [0.25, 0.3) is 0 Å². The average molecular weight is 384 g/mol. The van der Waals surface area contributed by atoms with E-state index in [0.29, 0.717) is 23.9 Å². The van der Waals surface area contributed by atoms with Crippen molar-refractivity contribution in [3.05, 3.63) is 41.0 Å². The van der Waals surface area contributed by atoms with Crippen molar-refractivity contribution < 1.29 is 33.6 Å². The lowest BCUT2D eigenvalue weighted by Gasteiger charge is -2.33. The minimum atomic E-state index is -0.313. The SMILES string of the molecule is COc1cc([C@@H]2c3cc4c(cc3C[C@@H]3COC(=O)C32)OCO4)cc(OC)c1O. The fraction of sp³-hybridized carbons (Fsp3) is 0.381. The van der Waals surface area contributed by atoms with Crippen LogP contribution in [0.15, 0.2) is 24.3 Å². The number of hydrogen-bond donors (Lipinski definition) is 1. The molecule has 1 unspecified atom stereocenters. The van der Waals surface area contributed by atoms with Gasteiger partial charge >= 0.3 is 5.97 Å². The highest BCUT2D eigenvalue weighted by molar-refractivity contribution is 5.78. The van der Waals surface area contributed by atoms with Crippen molar-refractivity contribution in [1.29, 1.82) is 0 Å². The second kappa shape index (κ2) is 6.22. The summed E-state index contributed by atoms with van der Waals surface area (Å²) in [4.78, 5) is 12.6. The van der Waals surface area contributed by atoms with Crippen LogP contribution in [0.25, 0.3) is 0 Å². The Balaban J connectivity index is 1.72. The Morgan fingerprint density at radius 3 is 2.36 bits per heavy atom. The summed E-state index contributed by atoms with van der Waals surface area (Å²) in [6, 6.07) is 7.46. The summed E-state index contributed by atoms with van der Waals surface area (Å²) in [7, 11) is 2.97. The van der Waals surface area contributed by atoms with Gasteiger partial charge in [0.15, 0.2) is 23.0 Å². The van der Waals surface area contributed by atoms with Gasteiger partial charge in [-0.1, -0.05) is 0 Å². The molecule has 2 heterocycles. The maximum Gasteiger partial charge on any atom is 0.310 e. The lowest BCUT2D eigenvalue weighted by molar-refractivity contribution is -0.141. The number of phenolic OH excluding ortho intramolecular Hbond substituents is 1. The van der Waals surface area contributed by atoms with Crippen LogP contribution in [-0.4, -0.2) is 38.7 Å². The fourth-order valence-electron chi connectivity index (χ4n) is 4.60. The molecule has 1 saturated heterocycles. The maximum absolute atomic E-state index is 12.6. The number of carbonyl (C=O) groups excluding carboxylic acids is 1. The van der Waals surface area contributed by atoms with E-state index in [1.807, 2.05) is 12.1 Å². The molecule has 0 saturated carbocycles. The molecule has 3 atom stereocenters. The second-order valence-electron chi connectivity index (χ2n) is 7.28. The third-order valence-electron chi connectivity index (χ3n) is 5.89. The first kappa shape index (κ1) is 17.0. The van der Waals surface area contributed by atoms with Gasteiger partial charge in [-0.15, -0.1) is 0 Å². The van der Waals surface area contributed by atoms with Crippen molar-refractivity contribution in [3.8, 4) is 28.7 Å². The number of esters is 1. The standard InChI is InChI=1S/C21H20O7/c1-24-16-5-11(6-17(25-2)20(16)22)18-13-7-15-14(27-9-28-15)4-10(13)3-12-8-26-21(23)19(12)18/h4-7,12,18-19,22H,3,8-9H2,1-2H3/t12-,18-,19?/m1/s1. The van der Waals surface area contributed by atoms with Gasteiger partial charge in [0, 0.05) is 11.8 Å². The third-order valence-corrected chi connectivity index (χ3v) is 5.89. The minimum Gasteiger partial charge on any atom is -0.502 e. The molecule has 1 aliphatic carbocycles. The van der Waals surface area contributed by atoms with Crippen LogP contribution in [0.5, 0.6) is 28.7 Å². The number of aromatic hydroxyl groups is 1. The summed E-state index contributed by atoms with van der Waals surface area (Å²) in [6.07, 6.45) is 0.741. The molecular formula is C21H20O7. The highest BCUT2D eigenvalue weighted by Crippen LogP contribution is 2.52. The Kier molecular flexibility index (Phi) is 3.79. The molecule has 7 nitrogen and oxygen atoms in total. The molecule has 1 fully saturated rings. The molecule has 3 aliphatic rings. The van der Waals surface area contributed by atoms with Crippen molar-refractivity contribution in [2.24, 2.45) is 11.8 Å². The second-order valence-corrected chi connectivity index (χ2v) is 7.28. The van der Waals surface area contributed by atoms with Crippen LogP contribution < -0.4 is 18.9 Å². The summed E-state index contributed by atoms with van der Waals surface area (Å²) in [5, 5.41) is 10.3. The van der Waals surface area contributed by atoms with Gasteiger partial charge in [-0.2, -0.15) is 0 Å². The van der Waals surface area contributed by atoms with E-state index in [2.05, 4.69) is 0 Å². The highest BCUT2D eigenvalue weighted by atomic mass is 16.7. The van der Waals surface area contributed by atoms with Gasteiger partial charge < -0.3 is 28.8 Å². The van der Waals surface area contributed by atoms with Crippen molar-refractivity contribution in [2.75, 3.05) is 27.6 Å². The van der Waals surface area contributed by atoms with Crippen LogP contribution in [0, 0.1) is 11.8 Å². The largest absolute Gasteiger partial charge is 0.502 e. The van der Waals surface area contributed by atoms with Crippen LogP contribution in [0.1, 0.15) is 22.6 Å². The van der Waals surface area contributed by atoms with Crippen LogP contribution in [0.4, 0.5) is 0 Å². The predicted molar refractivity (Wildman–Crippen MR) is 97.3 cm³/mol. The fourth-order valence-corrected chi connectivity index (χ4v) is 4.60. The Morgan fingerprint density at radius 1 is 1.00 bits per heavy atom. The normalized spacial score (nSPS) is 24.4. The number of phenols is 1. The maximum atomic E-state index is 12.6. The molecule has 1 N–H and O–H groups in total. The van der Waals surface area contributed by atoms with Crippen molar-refractivity contribution in [3.63, 3.8) is 0 Å². The third kappa shape index (κ3) is 2.38. The average Bonchev–Trinajstić information content (AvgIpc) is 3.31. The van der Waals surface area contributed by atoms with E-state index in [0.717, 1.165) is 28.9 Å². The zero-order chi connectivity index (χ0) is 19.4. The van der Waals surface area contributed by atoms with E-state index < -0.39 is 0 Å². The monoisotopic (exact) mass is 384 g/mol. The Morgan fingerprint density at radius 2 is 1.68 bits per heavy atom. The quantitative estimate of drug-likeness (QED) is 0.815. The van der Waals surface area contributed by atoms with Crippen molar-refractivity contribution >= 4 is 5.97 Å². The van der Waals surface area contributed by atoms with Crippen molar-refractivity contribution in [2.45, 2.75) is 12.3 Å². The van der Waals surface area contributed by atoms with Crippen LogP contribution in [0.3, 0.4) is 0 Å². The number of carbonyl (C=O) groups is 1. The topological polar surface area (TPSA) is 83.5 Å². The number of methoxy groups -OCH3 is 2. The summed E-state index contributed by atoms with van der Waals surface area (Å²) in [5.41, 5.74) is 2.93. The Labute approximate surface area is 161 Å². The molecule has 0 bridgehead atoms. The van der Waals surface area contributed by atoms with Crippen LogP contribution >= 0.6 is 0 Å². The van der Waals surface area contributed by atoms with Gasteiger partial charge in [-0.05, 0) is 47.4 Å². The molecule has 0 spiro atoms. The first-order valence-corrected chi connectivity index (χ1v) is 9.14. The number of hydrogen-bond acceptors (Lipinski definition) is 7. The highest BCUT2D eigenvalue weighted by Gasteiger charge is 2.48. The van der Waals surface area contributed by atoms with E-state index in [9.17, 15) is 9.90 Å². The molecule has 0 aromatic heterocycles. The molecule has 7 heteroatoms. The molecule has 5 rings (SSSR count). The van der Waals surface area contributed by atoms with Gasteiger partial charge in [-0.3, -0.25) is 4.79 Å². The van der Waals surface area contributed by atoms with Crippen LogP contribution in [0.2, 0.25) is 0 Å². The van der Waals surface area contributed by atoms with E-state index in [1.165, 1.54) is 14.2 Å². The zero-order valence-electron chi connectivity index (χ0n) is 15.6. The van der Waals surface area contributed by atoms with Gasteiger partial charge in [-0.25, -0.2) is 0 Å². The Hall–Kier alpha value is -3.09. The van der Waals surface area contributed by atoms with E-state index >= 15 is 0 Å². The zero-order valence-corrected chi connectivity index (χ0v) is 15.6. The molecule has 28 heavy (non-hydrogen) atoms. The first-order valence-electron chi connectivity index (χ1n) is 9.14. The van der Waals surface area contributed by atoms with E-state index in [4.69, 9.17) is 23.7 Å². The van der Waals surface area contributed by atoms with Gasteiger partial charge in [0.2, 0.25) is 12.5 Å². The molecule has 146 valence electrons. The number of fused-ring (bicyclic) bond motifs is 3. The summed E-state index contributed by atoms with van der Waals surface area (Å²) >= 11 is 0. The minimum absolute atomic E-state index is 0.0685. The number of rotatable bonds is 3. The van der Waals surface area contributed by atoms with Crippen LogP contribution in [-0.2, 0) is 16.0 Å². The van der Waals surface area contributed by atoms with Gasteiger partial charge in [0.05, 0.1) is 26.7 Å². The number of ether oxygens (including phenoxy) is 5. The smallest absolute Gasteiger partial charge is 0.310 e. The summed E-state index contributed by atoms with van der Waals surface area (Å²) < 4.78 is 27.2. The first-order chi connectivity index (χ1) is 13.6. The van der Waals surface area contributed by atoms with E-state index in [-0.39, 0.29) is 36.3 Å². The molecule has 0 radical (unpaired) electrons. The lowest BCUT2D eigenvalue weighted by atomic mass is 9.67. The predicted octanol–water partition coefficient (Wildman–Crippen LogP) is 2.62.